The maximum atomic E-state index is 12.7. The lowest BCUT2D eigenvalue weighted by Crippen LogP contribution is -2.45. The van der Waals surface area contributed by atoms with Gasteiger partial charge in [0.25, 0.3) is 0 Å². The molecule has 0 bridgehead atoms. The van der Waals surface area contributed by atoms with Gasteiger partial charge in [-0.3, -0.25) is 9.79 Å². The Morgan fingerprint density at radius 1 is 1.16 bits per heavy atom. The van der Waals surface area contributed by atoms with E-state index in [1.54, 1.807) is 0 Å². The summed E-state index contributed by atoms with van der Waals surface area (Å²) in [4.78, 5) is 19.7. The molecule has 0 radical (unpaired) electrons. The molecule has 0 spiro atoms. The van der Waals surface area contributed by atoms with Crippen molar-refractivity contribution in [2.24, 2.45) is 16.8 Å². The van der Waals surface area contributed by atoms with Gasteiger partial charge in [0, 0.05) is 50.7 Å². The van der Waals surface area contributed by atoms with Gasteiger partial charge in [-0.1, -0.05) is 43.2 Å². The van der Waals surface area contributed by atoms with Crippen LogP contribution in [0.5, 0.6) is 0 Å². The number of ether oxygens (including phenoxy) is 1. The molecular weight excluding hydrogens is 503 g/mol. The van der Waals surface area contributed by atoms with E-state index < -0.39 is 0 Å². The lowest BCUT2D eigenvalue weighted by Gasteiger charge is -2.22. The van der Waals surface area contributed by atoms with Crippen LogP contribution < -0.4 is 10.6 Å². The van der Waals surface area contributed by atoms with Crippen LogP contribution in [-0.4, -0.2) is 55.6 Å². The third-order valence-electron chi connectivity index (χ3n) is 6.72. The number of rotatable bonds is 6. The number of aliphatic imine (C=N–C) groups is 1. The van der Waals surface area contributed by atoms with Gasteiger partial charge in [-0.15, -0.1) is 24.0 Å². The number of carbonyl (C=O) groups is 1. The fraction of sp³-hybridized carbons (Fsp3) is 0.667. The van der Waals surface area contributed by atoms with Crippen LogP contribution in [0.15, 0.2) is 35.3 Å². The SMILES string of the molecule is CCNC(=NCC1CCOC1c1ccccc1)NC1CCN(C(=O)C2CCCC2)C1.I. The highest BCUT2D eigenvalue weighted by atomic mass is 127. The van der Waals surface area contributed by atoms with Gasteiger partial charge in [-0.25, -0.2) is 0 Å². The van der Waals surface area contributed by atoms with Gasteiger partial charge in [0.1, 0.15) is 0 Å². The highest BCUT2D eigenvalue weighted by molar-refractivity contribution is 14.0. The highest BCUT2D eigenvalue weighted by Crippen LogP contribution is 2.34. The molecule has 2 heterocycles. The Kier molecular flexibility index (Phi) is 9.44. The first-order valence-electron chi connectivity index (χ1n) is 11.7. The average Bonchev–Trinajstić information content (AvgIpc) is 3.54. The van der Waals surface area contributed by atoms with Crippen LogP contribution in [0.2, 0.25) is 0 Å². The number of carbonyl (C=O) groups excluding carboxylic acids is 1. The molecule has 2 N–H and O–H groups in total. The Hall–Kier alpha value is -1.35. The second-order valence-corrected chi connectivity index (χ2v) is 8.87. The molecule has 3 atom stereocenters. The molecule has 2 saturated heterocycles. The van der Waals surface area contributed by atoms with Crippen LogP contribution in [0, 0.1) is 11.8 Å². The van der Waals surface area contributed by atoms with Crippen molar-refractivity contribution in [3.8, 4) is 0 Å². The lowest BCUT2D eigenvalue weighted by molar-refractivity contribution is -0.134. The van der Waals surface area contributed by atoms with Gasteiger partial charge in [0.15, 0.2) is 5.96 Å². The zero-order chi connectivity index (χ0) is 20.8. The minimum Gasteiger partial charge on any atom is -0.373 e. The second-order valence-electron chi connectivity index (χ2n) is 8.87. The van der Waals surface area contributed by atoms with E-state index in [4.69, 9.17) is 9.73 Å². The summed E-state index contributed by atoms with van der Waals surface area (Å²) in [6.07, 6.45) is 6.71. The van der Waals surface area contributed by atoms with Crippen molar-refractivity contribution in [1.82, 2.24) is 15.5 Å². The third-order valence-corrected chi connectivity index (χ3v) is 6.72. The van der Waals surface area contributed by atoms with E-state index in [2.05, 4.69) is 46.7 Å². The molecule has 172 valence electrons. The van der Waals surface area contributed by atoms with Crippen molar-refractivity contribution < 1.29 is 9.53 Å². The van der Waals surface area contributed by atoms with Crippen molar-refractivity contribution in [3.63, 3.8) is 0 Å². The van der Waals surface area contributed by atoms with E-state index in [1.807, 2.05) is 6.07 Å². The zero-order valence-electron chi connectivity index (χ0n) is 18.6. The minimum atomic E-state index is 0. The second kappa shape index (κ2) is 12.0. The number of nitrogens with one attached hydrogen (secondary N) is 2. The smallest absolute Gasteiger partial charge is 0.225 e. The predicted molar refractivity (Wildman–Crippen MR) is 135 cm³/mol. The summed E-state index contributed by atoms with van der Waals surface area (Å²) in [5.41, 5.74) is 1.24. The summed E-state index contributed by atoms with van der Waals surface area (Å²) in [6.45, 7) is 6.11. The van der Waals surface area contributed by atoms with E-state index in [0.717, 1.165) is 64.4 Å². The predicted octanol–water partition coefficient (Wildman–Crippen LogP) is 3.73. The zero-order valence-corrected chi connectivity index (χ0v) is 20.9. The summed E-state index contributed by atoms with van der Waals surface area (Å²) in [5.74, 6) is 1.89. The Balaban J connectivity index is 0.00000272. The van der Waals surface area contributed by atoms with Crippen LogP contribution >= 0.6 is 24.0 Å². The molecule has 4 rings (SSSR count). The van der Waals surface area contributed by atoms with Crippen LogP contribution in [0.25, 0.3) is 0 Å². The number of guanidine groups is 1. The number of benzene rings is 1. The number of amides is 1. The van der Waals surface area contributed by atoms with Crippen LogP contribution in [-0.2, 0) is 9.53 Å². The molecule has 3 aliphatic rings. The van der Waals surface area contributed by atoms with Crippen molar-refractivity contribution >= 4 is 35.8 Å². The summed E-state index contributed by atoms with van der Waals surface area (Å²) < 4.78 is 6.01. The van der Waals surface area contributed by atoms with E-state index in [9.17, 15) is 4.79 Å². The number of hydrogen-bond acceptors (Lipinski definition) is 3. The number of halogens is 1. The van der Waals surface area contributed by atoms with Gasteiger partial charge in [0.05, 0.1) is 6.10 Å². The van der Waals surface area contributed by atoms with Gasteiger partial charge < -0.3 is 20.3 Å². The molecule has 6 nitrogen and oxygen atoms in total. The normalized spacial score (nSPS) is 26.7. The summed E-state index contributed by atoms with van der Waals surface area (Å²) >= 11 is 0. The number of nitrogens with zero attached hydrogens (tertiary/aromatic N) is 2. The van der Waals surface area contributed by atoms with Crippen molar-refractivity contribution in [1.29, 1.82) is 0 Å². The molecule has 7 heteroatoms. The average molecular weight is 540 g/mol. The molecule has 3 unspecified atom stereocenters. The van der Waals surface area contributed by atoms with E-state index in [-0.39, 0.29) is 42.0 Å². The van der Waals surface area contributed by atoms with Gasteiger partial charge >= 0.3 is 0 Å². The molecule has 1 aromatic rings. The van der Waals surface area contributed by atoms with Crippen molar-refractivity contribution in [2.45, 2.75) is 57.6 Å². The Bertz CT molecular complexity index is 724. The number of hydrogen-bond donors (Lipinski definition) is 2. The molecule has 31 heavy (non-hydrogen) atoms. The Morgan fingerprint density at radius 3 is 2.68 bits per heavy atom. The Labute approximate surface area is 203 Å². The topological polar surface area (TPSA) is 66.0 Å². The molecule has 1 aliphatic carbocycles. The quantitative estimate of drug-likeness (QED) is 0.328. The first kappa shape index (κ1) is 24.3. The molecule has 1 aromatic carbocycles. The molecule has 1 saturated carbocycles. The largest absolute Gasteiger partial charge is 0.373 e. The summed E-state index contributed by atoms with van der Waals surface area (Å²) in [7, 11) is 0. The molecule has 1 amide bonds. The minimum absolute atomic E-state index is 0. The number of likely N-dealkylation sites (tertiary alicyclic amines) is 1. The van der Waals surface area contributed by atoms with E-state index >= 15 is 0 Å². The summed E-state index contributed by atoms with van der Waals surface area (Å²) in [6, 6.07) is 10.7. The molecule has 2 aliphatic heterocycles. The van der Waals surface area contributed by atoms with Crippen molar-refractivity contribution in [2.75, 3.05) is 32.8 Å². The molecule has 0 aromatic heterocycles. The monoisotopic (exact) mass is 540 g/mol. The highest BCUT2D eigenvalue weighted by Gasteiger charge is 2.33. The van der Waals surface area contributed by atoms with Gasteiger partial charge in [0.2, 0.25) is 5.91 Å². The van der Waals surface area contributed by atoms with Gasteiger partial charge in [-0.05, 0) is 38.2 Å². The van der Waals surface area contributed by atoms with Crippen LogP contribution in [0.4, 0.5) is 0 Å². The first-order chi connectivity index (χ1) is 14.7. The van der Waals surface area contributed by atoms with Crippen molar-refractivity contribution in [3.05, 3.63) is 35.9 Å². The maximum Gasteiger partial charge on any atom is 0.225 e. The first-order valence-corrected chi connectivity index (χ1v) is 11.7. The fourth-order valence-corrected chi connectivity index (χ4v) is 5.06. The maximum absolute atomic E-state index is 12.7. The third kappa shape index (κ3) is 6.34. The molecular formula is C24H37IN4O2. The fourth-order valence-electron chi connectivity index (χ4n) is 5.06. The van der Waals surface area contributed by atoms with Crippen LogP contribution in [0.3, 0.4) is 0 Å². The molecule has 3 fully saturated rings. The van der Waals surface area contributed by atoms with E-state index in [0.29, 0.717) is 11.8 Å². The van der Waals surface area contributed by atoms with Gasteiger partial charge in [-0.2, -0.15) is 0 Å². The summed E-state index contributed by atoms with van der Waals surface area (Å²) in [5, 5.41) is 6.96. The van der Waals surface area contributed by atoms with E-state index in [1.165, 1.54) is 18.4 Å². The Morgan fingerprint density at radius 2 is 1.94 bits per heavy atom. The lowest BCUT2D eigenvalue weighted by atomic mass is 9.95. The van der Waals surface area contributed by atoms with Crippen LogP contribution in [0.1, 0.15) is 57.1 Å². The standard InChI is InChI=1S/C24H36N4O2.HI/c1-2-25-24(26-16-20-13-15-30-22(20)18-8-4-3-5-9-18)27-21-12-14-28(17-21)23(29)19-10-6-7-11-19;/h3-5,8-9,19-22H,2,6-7,10-17H2,1H3,(H2,25,26,27);1H.